The van der Waals surface area contributed by atoms with Gasteiger partial charge in [-0.2, -0.15) is 0 Å². The molecule has 7 heteroatoms. The molecule has 0 aliphatic carbocycles. The van der Waals surface area contributed by atoms with Gasteiger partial charge >= 0.3 is 0 Å². The smallest absolute Gasteiger partial charge is 0.255 e. The van der Waals surface area contributed by atoms with Gasteiger partial charge in [0.25, 0.3) is 5.91 Å². The molecule has 1 aromatic carbocycles. The molecule has 1 saturated heterocycles. The van der Waals surface area contributed by atoms with E-state index in [1.54, 1.807) is 4.90 Å². The van der Waals surface area contributed by atoms with Gasteiger partial charge in [0.05, 0.1) is 18.7 Å². The SMILES string of the molecule is NC(=S)C1CN(C(=O)c2cc(I)ccc2Br)CCO1. The summed E-state index contributed by atoms with van der Waals surface area (Å²) in [5.74, 6) is -0.0325. The molecule has 1 amide bonds. The Labute approximate surface area is 138 Å². The molecular weight excluding hydrogens is 443 g/mol. The van der Waals surface area contributed by atoms with Crippen molar-refractivity contribution in [3.05, 3.63) is 31.8 Å². The Morgan fingerprint density at radius 1 is 1.58 bits per heavy atom. The Morgan fingerprint density at radius 2 is 2.32 bits per heavy atom. The van der Waals surface area contributed by atoms with Crippen molar-refractivity contribution >= 4 is 61.6 Å². The molecule has 0 radical (unpaired) electrons. The molecule has 19 heavy (non-hydrogen) atoms. The Bertz CT molecular complexity index is 526. The number of nitrogens with two attached hydrogens (primary N) is 1. The first kappa shape index (κ1) is 15.1. The Balaban J connectivity index is 2.19. The van der Waals surface area contributed by atoms with E-state index in [1.807, 2.05) is 18.2 Å². The number of morpholine rings is 1. The minimum atomic E-state index is -0.353. The number of rotatable bonds is 2. The molecule has 102 valence electrons. The third-order valence-electron chi connectivity index (χ3n) is 2.83. The van der Waals surface area contributed by atoms with Crippen LogP contribution in [0.3, 0.4) is 0 Å². The molecule has 1 aromatic rings. The summed E-state index contributed by atoms with van der Waals surface area (Å²) in [6.07, 6.45) is -0.353. The summed E-state index contributed by atoms with van der Waals surface area (Å²) in [7, 11) is 0. The van der Waals surface area contributed by atoms with Crippen molar-refractivity contribution in [2.24, 2.45) is 5.73 Å². The van der Waals surface area contributed by atoms with Crippen LogP contribution >= 0.6 is 50.7 Å². The molecule has 0 saturated carbocycles. The van der Waals surface area contributed by atoms with Gasteiger partial charge < -0.3 is 15.4 Å². The number of hydrogen-bond donors (Lipinski definition) is 1. The number of halogens is 2. The van der Waals surface area contributed by atoms with E-state index < -0.39 is 0 Å². The molecule has 4 nitrogen and oxygen atoms in total. The third kappa shape index (κ3) is 3.65. The van der Waals surface area contributed by atoms with E-state index in [1.165, 1.54) is 0 Å². The van der Waals surface area contributed by atoms with E-state index in [4.69, 9.17) is 22.7 Å². The number of carbonyl (C=O) groups is 1. The van der Waals surface area contributed by atoms with E-state index in [-0.39, 0.29) is 12.0 Å². The molecule has 1 atom stereocenters. The predicted molar refractivity (Wildman–Crippen MR) is 89.3 cm³/mol. The lowest BCUT2D eigenvalue weighted by atomic mass is 10.1. The fraction of sp³-hybridized carbons (Fsp3) is 0.333. The molecule has 0 aromatic heterocycles. The summed E-state index contributed by atoms with van der Waals surface area (Å²) in [5.41, 5.74) is 6.23. The molecule has 1 unspecified atom stereocenters. The lowest BCUT2D eigenvalue weighted by Crippen LogP contribution is -2.50. The maximum Gasteiger partial charge on any atom is 0.255 e. The van der Waals surface area contributed by atoms with Gasteiger partial charge in [-0.3, -0.25) is 4.79 Å². The van der Waals surface area contributed by atoms with E-state index in [2.05, 4.69) is 38.5 Å². The summed E-state index contributed by atoms with van der Waals surface area (Å²) in [6.45, 7) is 1.41. The van der Waals surface area contributed by atoms with Crippen molar-refractivity contribution in [3.8, 4) is 0 Å². The van der Waals surface area contributed by atoms with E-state index >= 15 is 0 Å². The van der Waals surface area contributed by atoms with Gasteiger partial charge in [-0.15, -0.1) is 0 Å². The highest BCUT2D eigenvalue weighted by Crippen LogP contribution is 2.22. The number of amides is 1. The Morgan fingerprint density at radius 3 is 3.00 bits per heavy atom. The van der Waals surface area contributed by atoms with Gasteiger partial charge in [0, 0.05) is 14.6 Å². The topological polar surface area (TPSA) is 55.6 Å². The van der Waals surface area contributed by atoms with Crippen LogP contribution in [0.4, 0.5) is 0 Å². The normalized spacial score (nSPS) is 19.3. The van der Waals surface area contributed by atoms with E-state index in [0.29, 0.717) is 30.2 Å². The zero-order chi connectivity index (χ0) is 14.0. The first-order valence-electron chi connectivity index (χ1n) is 5.64. The fourth-order valence-corrected chi connectivity index (χ4v) is 2.89. The Kier molecular flexibility index (Phi) is 5.15. The highest BCUT2D eigenvalue weighted by Gasteiger charge is 2.27. The maximum atomic E-state index is 12.5. The number of carbonyl (C=O) groups excluding carboxylic acids is 1. The quantitative estimate of drug-likeness (QED) is 0.549. The van der Waals surface area contributed by atoms with Gasteiger partial charge in [-0.1, -0.05) is 12.2 Å². The first-order chi connectivity index (χ1) is 8.99. The zero-order valence-corrected chi connectivity index (χ0v) is 14.5. The highest BCUT2D eigenvalue weighted by molar-refractivity contribution is 14.1. The average Bonchev–Trinajstić information content (AvgIpc) is 2.41. The molecule has 2 rings (SSSR count). The molecule has 0 spiro atoms. The van der Waals surface area contributed by atoms with Crippen LogP contribution in [-0.2, 0) is 4.74 Å². The van der Waals surface area contributed by atoms with E-state index in [9.17, 15) is 4.79 Å². The summed E-state index contributed by atoms with van der Waals surface area (Å²) >= 11 is 10.5. The fourth-order valence-electron chi connectivity index (χ4n) is 1.84. The van der Waals surface area contributed by atoms with Gasteiger partial charge in [-0.25, -0.2) is 0 Å². The molecule has 1 fully saturated rings. The van der Waals surface area contributed by atoms with Crippen LogP contribution in [0.15, 0.2) is 22.7 Å². The highest BCUT2D eigenvalue weighted by atomic mass is 127. The second-order valence-corrected chi connectivity index (χ2v) is 6.71. The second-order valence-electron chi connectivity index (χ2n) is 4.14. The predicted octanol–water partition coefficient (Wildman–Crippen LogP) is 2.18. The lowest BCUT2D eigenvalue weighted by Gasteiger charge is -2.32. The van der Waals surface area contributed by atoms with Crippen molar-refractivity contribution in [2.45, 2.75) is 6.10 Å². The van der Waals surface area contributed by atoms with Gasteiger partial charge in [-0.05, 0) is 56.7 Å². The summed E-state index contributed by atoms with van der Waals surface area (Å²) in [6, 6.07) is 5.68. The van der Waals surface area contributed by atoms with E-state index in [0.717, 1.165) is 8.04 Å². The first-order valence-corrected chi connectivity index (χ1v) is 7.92. The van der Waals surface area contributed by atoms with Crippen molar-refractivity contribution in [1.29, 1.82) is 0 Å². The zero-order valence-electron chi connectivity index (χ0n) is 9.94. The lowest BCUT2D eigenvalue weighted by molar-refractivity contribution is 0.00874. The van der Waals surface area contributed by atoms with Crippen LogP contribution in [0.5, 0.6) is 0 Å². The molecule has 2 N–H and O–H groups in total. The molecule has 1 heterocycles. The minimum Gasteiger partial charge on any atom is -0.391 e. The van der Waals surface area contributed by atoms with Gasteiger partial charge in [0.2, 0.25) is 0 Å². The van der Waals surface area contributed by atoms with Crippen molar-refractivity contribution < 1.29 is 9.53 Å². The molecule has 1 aliphatic heterocycles. The van der Waals surface area contributed by atoms with Gasteiger partial charge in [0.1, 0.15) is 11.1 Å². The minimum absolute atomic E-state index is 0.0325. The van der Waals surface area contributed by atoms with Gasteiger partial charge in [0.15, 0.2) is 0 Å². The van der Waals surface area contributed by atoms with Crippen LogP contribution in [0, 0.1) is 3.57 Å². The number of hydrogen-bond acceptors (Lipinski definition) is 3. The van der Waals surface area contributed by atoms with Crippen LogP contribution in [0.25, 0.3) is 0 Å². The van der Waals surface area contributed by atoms with Crippen molar-refractivity contribution in [1.82, 2.24) is 4.90 Å². The summed E-state index contributed by atoms with van der Waals surface area (Å²) in [4.78, 5) is 14.5. The second kappa shape index (κ2) is 6.47. The van der Waals surface area contributed by atoms with Crippen LogP contribution < -0.4 is 5.73 Å². The largest absolute Gasteiger partial charge is 0.391 e. The number of nitrogens with zero attached hydrogens (tertiary/aromatic N) is 1. The third-order valence-corrected chi connectivity index (χ3v) is 4.46. The average molecular weight is 455 g/mol. The molecule has 0 bridgehead atoms. The van der Waals surface area contributed by atoms with Crippen molar-refractivity contribution in [2.75, 3.05) is 19.7 Å². The monoisotopic (exact) mass is 454 g/mol. The van der Waals surface area contributed by atoms with Crippen molar-refractivity contribution in [3.63, 3.8) is 0 Å². The summed E-state index contributed by atoms with van der Waals surface area (Å²) < 4.78 is 7.24. The number of thiocarbonyl (C=S) groups is 1. The van der Waals surface area contributed by atoms with Crippen LogP contribution in [-0.4, -0.2) is 41.6 Å². The number of ether oxygens (including phenoxy) is 1. The maximum absolute atomic E-state index is 12.5. The standard InChI is InChI=1S/C12H12BrIN2O2S/c13-9-2-1-7(14)5-8(9)12(17)16-3-4-18-10(6-16)11(15)19/h1-2,5,10H,3-4,6H2,(H2,15,19). The molecular formula is C12H12BrIN2O2S. The Hall–Kier alpha value is -0.250. The van der Waals surface area contributed by atoms with Crippen LogP contribution in [0.2, 0.25) is 0 Å². The molecule has 1 aliphatic rings. The summed E-state index contributed by atoms with van der Waals surface area (Å²) in [5, 5.41) is 0. The number of benzene rings is 1. The van der Waals surface area contributed by atoms with Crippen LogP contribution in [0.1, 0.15) is 10.4 Å².